The van der Waals surface area contributed by atoms with E-state index in [2.05, 4.69) is 31.4 Å². The van der Waals surface area contributed by atoms with Gasteiger partial charge in [0.1, 0.15) is 5.82 Å². The fraction of sp³-hybridized carbons (Fsp3) is 0.273. The molecule has 4 nitrogen and oxygen atoms in total. The molecule has 1 aromatic heterocycles. The maximum Gasteiger partial charge on any atom is 0.259 e. The highest BCUT2D eigenvalue weighted by Crippen LogP contribution is 2.27. The van der Waals surface area contributed by atoms with E-state index in [1.807, 2.05) is 6.92 Å². The van der Waals surface area contributed by atoms with Gasteiger partial charge in [-0.15, -0.1) is 0 Å². The first-order valence-corrected chi connectivity index (χ1v) is 5.98. The lowest BCUT2D eigenvalue weighted by molar-refractivity contribution is 0.419. The molecule has 0 bridgehead atoms. The fourth-order valence-electron chi connectivity index (χ4n) is 1.33. The minimum absolute atomic E-state index is 0.310. The smallest absolute Gasteiger partial charge is 0.259 e. The summed E-state index contributed by atoms with van der Waals surface area (Å²) in [6.45, 7) is 3.35. The number of hydrogen-bond acceptors (Lipinski definition) is 4. The van der Waals surface area contributed by atoms with Crippen LogP contribution >= 0.6 is 15.9 Å². The zero-order valence-corrected chi connectivity index (χ0v) is 10.8. The number of benzene rings is 1. The van der Waals surface area contributed by atoms with Gasteiger partial charge in [0.05, 0.1) is 12.1 Å². The molecule has 2 aromatic rings. The second-order valence-corrected chi connectivity index (χ2v) is 4.27. The van der Waals surface area contributed by atoms with Crippen LogP contribution in [0.2, 0.25) is 0 Å². The Morgan fingerprint density at radius 3 is 3.06 bits per heavy atom. The molecule has 1 aromatic carbocycles. The molecule has 0 saturated heterocycles. The summed E-state index contributed by atoms with van der Waals surface area (Å²) >= 11 is 3.32. The van der Waals surface area contributed by atoms with Crippen LogP contribution in [0, 0.1) is 5.82 Å². The Labute approximate surface area is 106 Å². The van der Waals surface area contributed by atoms with Crippen LogP contribution in [0.1, 0.15) is 12.7 Å². The van der Waals surface area contributed by atoms with Gasteiger partial charge in [0.25, 0.3) is 5.89 Å². The zero-order chi connectivity index (χ0) is 12.3. The molecule has 1 heterocycles. The molecule has 0 aliphatic heterocycles. The second kappa shape index (κ2) is 5.37. The summed E-state index contributed by atoms with van der Waals surface area (Å²) in [6.07, 6.45) is 0. The lowest BCUT2D eigenvalue weighted by Gasteiger charge is -1.98. The van der Waals surface area contributed by atoms with Crippen molar-refractivity contribution in [2.45, 2.75) is 13.5 Å². The molecule has 2 rings (SSSR count). The highest BCUT2D eigenvalue weighted by Gasteiger charge is 2.12. The van der Waals surface area contributed by atoms with Gasteiger partial charge in [0, 0.05) is 4.47 Å². The molecule has 0 unspecified atom stereocenters. The first kappa shape index (κ1) is 12.2. The van der Waals surface area contributed by atoms with E-state index in [1.54, 1.807) is 6.07 Å². The molecule has 0 radical (unpaired) electrons. The average molecular weight is 300 g/mol. The maximum absolute atomic E-state index is 13.1. The molecular formula is C11H11BrFN3O. The summed E-state index contributed by atoms with van der Waals surface area (Å²) in [6, 6.07) is 4.33. The van der Waals surface area contributed by atoms with E-state index in [9.17, 15) is 4.39 Å². The number of hydrogen-bond donors (Lipinski definition) is 1. The molecular weight excluding hydrogens is 289 g/mol. The lowest BCUT2D eigenvalue weighted by atomic mass is 10.2. The van der Waals surface area contributed by atoms with E-state index in [-0.39, 0.29) is 5.82 Å². The van der Waals surface area contributed by atoms with Gasteiger partial charge in [-0.25, -0.2) is 4.39 Å². The van der Waals surface area contributed by atoms with E-state index in [4.69, 9.17) is 4.52 Å². The van der Waals surface area contributed by atoms with Crippen LogP contribution in [0.4, 0.5) is 4.39 Å². The van der Waals surface area contributed by atoms with Crippen LogP contribution in [0.25, 0.3) is 11.5 Å². The van der Waals surface area contributed by atoms with Crippen molar-refractivity contribution in [3.05, 3.63) is 34.3 Å². The number of aromatic nitrogens is 2. The summed E-state index contributed by atoms with van der Waals surface area (Å²) in [5.41, 5.74) is 0.556. The Morgan fingerprint density at radius 1 is 1.47 bits per heavy atom. The van der Waals surface area contributed by atoms with Crippen LogP contribution in [0.5, 0.6) is 0 Å². The molecule has 17 heavy (non-hydrogen) atoms. The molecule has 0 aliphatic carbocycles. The Morgan fingerprint density at radius 2 is 2.29 bits per heavy atom. The Hall–Kier alpha value is -1.27. The SMILES string of the molecule is CCNCc1noc(-c2cc(F)ccc2Br)n1. The minimum atomic E-state index is -0.338. The molecule has 0 fully saturated rings. The Kier molecular flexibility index (Phi) is 3.86. The van der Waals surface area contributed by atoms with Crippen molar-refractivity contribution in [1.82, 2.24) is 15.5 Å². The van der Waals surface area contributed by atoms with Gasteiger partial charge in [0.2, 0.25) is 0 Å². The third kappa shape index (κ3) is 2.89. The third-order valence-corrected chi connectivity index (χ3v) is 2.85. The topological polar surface area (TPSA) is 51.0 Å². The summed E-state index contributed by atoms with van der Waals surface area (Å²) < 4.78 is 18.9. The third-order valence-electron chi connectivity index (χ3n) is 2.16. The lowest BCUT2D eigenvalue weighted by Crippen LogP contribution is -2.12. The van der Waals surface area contributed by atoms with Crippen LogP contribution in [-0.2, 0) is 6.54 Å². The fourth-order valence-corrected chi connectivity index (χ4v) is 1.75. The second-order valence-electron chi connectivity index (χ2n) is 3.42. The van der Waals surface area contributed by atoms with Gasteiger partial charge in [0.15, 0.2) is 5.82 Å². The van der Waals surface area contributed by atoms with Crippen molar-refractivity contribution >= 4 is 15.9 Å². The summed E-state index contributed by atoms with van der Waals surface area (Å²) in [5.74, 6) is 0.525. The van der Waals surface area contributed by atoms with Crippen molar-refractivity contribution in [2.75, 3.05) is 6.54 Å². The quantitative estimate of drug-likeness (QED) is 0.943. The Balaban J connectivity index is 2.27. The van der Waals surface area contributed by atoms with Crippen LogP contribution in [0.15, 0.2) is 27.2 Å². The normalized spacial score (nSPS) is 10.8. The number of nitrogens with zero attached hydrogens (tertiary/aromatic N) is 2. The molecule has 0 spiro atoms. The molecule has 1 N–H and O–H groups in total. The van der Waals surface area contributed by atoms with Gasteiger partial charge in [-0.1, -0.05) is 12.1 Å². The predicted molar refractivity (Wildman–Crippen MR) is 64.8 cm³/mol. The minimum Gasteiger partial charge on any atom is -0.334 e. The average Bonchev–Trinajstić information content (AvgIpc) is 2.78. The first-order valence-electron chi connectivity index (χ1n) is 5.19. The molecule has 0 saturated carbocycles. The maximum atomic E-state index is 13.1. The number of nitrogens with one attached hydrogen (secondary N) is 1. The summed E-state index contributed by atoms with van der Waals surface area (Å²) in [5, 5.41) is 6.89. The van der Waals surface area contributed by atoms with Crippen molar-refractivity contribution in [3.63, 3.8) is 0 Å². The van der Waals surface area contributed by atoms with Crippen LogP contribution in [0.3, 0.4) is 0 Å². The number of rotatable bonds is 4. The monoisotopic (exact) mass is 299 g/mol. The van der Waals surface area contributed by atoms with Gasteiger partial charge in [-0.3, -0.25) is 0 Å². The molecule has 6 heteroatoms. The summed E-state index contributed by atoms with van der Waals surface area (Å²) in [4.78, 5) is 4.18. The molecule has 0 aliphatic rings. The van der Waals surface area contributed by atoms with Crippen LogP contribution < -0.4 is 5.32 Å². The van der Waals surface area contributed by atoms with E-state index >= 15 is 0 Å². The van der Waals surface area contributed by atoms with Gasteiger partial charge >= 0.3 is 0 Å². The zero-order valence-electron chi connectivity index (χ0n) is 9.20. The van der Waals surface area contributed by atoms with Crippen molar-refractivity contribution in [2.24, 2.45) is 0 Å². The molecule has 0 amide bonds. The van der Waals surface area contributed by atoms with Gasteiger partial charge in [-0.05, 0) is 40.7 Å². The highest BCUT2D eigenvalue weighted by molar-refractivity contribution is 9.10. The van der Waals surface area contributed by atoms with Crippen molar-refractivity contribution < 1.29 is 8.91 Å². The van der Waals surface area contributed by atoms with Gasteiger partial charge in [-0.2, -0.15) is 4.98 Å². The highest BCUT2D eigenvalue weighted by atomic mass is 79.9. The van der Waals surface area contributed by atoms with E-state index in [1.165, 1.54) is 12.1 Å². The van der Waals surface area contributed by atoms with Crippen molar-refractivity contribution in [3.8, 4) is 11.5 Å². The molecule has 90 valence electrons. The van der Waals surface area contributed by atoms with Crippen molar-refractivity contribution in [1.29, 1.82) is 0 Å². The van der Waals surface area contributed by atoms with E-state index in [0.29, 0.717) is 23.8 Å². The van der Waals surface area contributed by atoms with Crippen LogP contribution in [-0.4, -0.2) is 16.7 Å². The predicted octanol–water partition coefficient (Wildman–Crippen LogP) is 2.75. The first-order chi connectivity index (χ1) is 8.20. The largest absolute Gasteiger partial charge is 0.334 e. The molecule has 0 atom stereocenters. The summed E-state index contributed by atoms with van der Waals surface area (Å²) in [7, 11) is 0. The van der Waals surface area contributed by atoms with E-state index in [0.717, 1.165) is 11.0 Å². The van der Waals surface area contributed by atoms with Gasteiger partial charge < -0.3 is 9.84 Å². The number of halogens is 2. The Bertz CT molecular complexity index is 515. The van der Waals surface area contributed by atoms with E-state index < -0.39 is 0 Å². The standard InChI is InChI=1S/C11H11BrFN3O/c1-2-14-6-10-15-11(17-16-10)8-5-7(13)3-4-9(8)12/h3-5,14H,2,6H2,1H3.